The number of rotatable bonds is 2. The summed E-state index contributed by atoms with van der Waals surface area (Å²) in [7, 11) is 0. The topological polar surface area (TPSA) is 40.5 Å². The molecule has 0 aliphatic heterocycles. The van der Waals surface area contributed by atoms with Crippen LogP contribution in [0.5, 0.6) is 11.5 Å². The van der Waals surface area contributed by atoms with E-state index in [9.17, 15) is 0 Å². The van der Waals surface area contributed by atoms with E-state index in [0.29, 0.717) is 5.57 Å². The molecule has 86 valence electrons. The number of phenols is 2. The Kier molecular flexibility index (Phi) is 8.21. The van der Waals surface area contributed by atoms with E-state index in [1.54, 1.807) is 48.5 Å². The molecule has 4 heteroatoms. The van der Waals surface area contributed by atoms with Crippen LogP contribution in [0.25, 0.3) is 5.57 Å². The maximum absolute atomic E-state index is 9.16. The van der Waals surface area contributed by atoms with Crippen molar-refractivity contribution in [2.75, 3.05) is 0 Å². The SMILES string of the molecule is [CH-]=C(c1ccc(O)cc1)c1ccc(O)cc1.[Y].[Y]. The fraction of sp³-hybridized carbons (Fsp3) is 0. The molecule has 0 saturated carbocycles. The van der Waals surface area contributed by atoms with Crippen molar-refractivity contribution in [3.63, 3.8) is 0 Å². The summed E-state index contributed by atoms with van der Waals surface area (Å²) in [6.07, 6.45) is 0. The van der Waals surface area contributed by atoms with Gasteiger partial charge in [-0.05, 0) is 24.3 Å². The van der Waals surface area contributed by atoms with Crippen LogP contribution in [-0.4, -0.2) is 10.2 Å². The van der Waals surface area contributed by atoms with Crippen LogP contribution in [0.3, 0.4) is 0 Å². The molecule has 2 aromatic carbocycles. The molecule has 0 atom stereocenters. The van der Waals surface area contributed by atoms with Crippen molar-refractivity contribution in [3.8, 4) is 11.5 Å². The van der Waals surface area contributed by atoms with Crippen LogP contribution < -0.4 is 0 Å². The average molecular weight is 389 g/mol. The summed E-state index contributed by atoms with van der Waals surface area (Å²) in [6.45, 7) is 5.97. The molecule has 2 radical (unpaired) electrons. The molecular formula is C14H11O2Y2-. The van der Waals surface area contributed by atoms with Crippen LogP contribution >= 0.6 is 0 Å². The second-order valence-corrected chi connectivity index (χ2v) is 3.51. The van der Waals surface area contributed by atoms with Gasteiger partial charge in [-0.3, -0.25) is 0 Å². The molecule has 0 unspecified atom stereocenters. The van der Waals surface area contributed by atoms with Gasteiger partial charge in [0.1, 0.15) is 11.5 Å². The van der Waals surface area contributed by atoms with Crippen molar-refractivity contribution in [1.82, 2.24) is 0 Å². The maximum Gasteiger partial charge on any atom is 0.113 e. The molecule has 18 heavy (non-hydrogen) atoms. The monoisotopic (exact) mass is 389 g/mol. The zero-order chi connectivity index (χ0) is 11.5. The summed E-state index contributed by atoms with van der Waals surface area (Å²) in [5, 5.41) is 18.3. The van der Waals surface area contributed by atoms with E-state index in [1.165, 1.54) is 0 Å². The number of hydrogen-bond acceptors (Lipinski definition) is 2. The summed E-state index contributed by atoms with van der Waals surface area (Å²) in [4.78, 5) is 0. The Morgan fingerprint density at radius 2 is 0.944 bits per heavy atom. The smallest absolute Gasteiger partial charge is 0.113 e. The first-order valence-corrected chi connectivity index (χ1v) is 4.88. The second kappa shape index (κ2) is 8.22. The van der Waals surface area contributed by atoms with E-state index in [-0.39, 0.29) is 76.9 Å². The molecule has 2 nitrogen and oxygen atoms in total. The Balaban J connectivity index is 0.00000144. The minimum Gasteiger partial charge on any atom is -0.508 e. The minimum absolute atomic E-state index is 0. The Bertz CT molecular complexity index is 457. The Hall–Kier alpha value is -0.0122. The molecule has 0 aliphatic carbocycles. The third-order valence-corrected chi connectivity index (χ3v) is 2.36. The van der Waals surface area contributed by atoms with Crippen molar-refractivity contribution in [3.05, 3.63) is 66.2 Å². The van der Waals surface area contributed by atoms with Crippen molar-refractivity contribution in [2.45, 2.75) is 0 Å². The van der Waals surface area contributed by atoms with Gasteiger partial charge in [-0.1, -0.05) is 0 Å². The van der Waals surface area contributed by atoms with E-state index in [2.05, 4.69) is 0 Å². The summed E-state index contributed by atoms with van der Waals surface area (Å²) < 4.78 is 0. The van der Waals surface area contributed by atoms with Crippen LogP contribution in [0, 0.1) is 6.58 Å². The summed E-state index contributed by atoms with van der Waals surface area (Å²) in [5.74, 6) is 0.421. The van der Waals surface area contributed by atoms with E-state index in [4.69, 9.17) is 16.8 Å². The first-order chi connectivity index (χ1) is 7.66. The van der Waals surface area contributed by atoms with Gasteiger partial charge < -0.3 is 10.2 Å². The van der Waals surface area contributed by atoms with Crippen LogP contribution in [0.2, 0.25) is 0 Å². The summed E-state index contributed by atoms with van der Waals surface area (Å²) >= 11 is 0. The Labute approximate surface area is 157 Å². The largest absolute Gasteiger partial charge is 0.508 e. The number of benzene rings is 2. The van der Waals surface area contributed by atoms with Gasteiger partial charge in [0.15, 0.2) is 0 Å². The average Bonchev–Trinajstić information content (AvgIpc) is 2.30. The van der Waals surface area contributed by atoms with E-state index in [1.807, 2.05) is 0 Å². The fourth-order valence-electron chi connectivity index (χ4n) is 1.45. The molecule has 0 fully saturated rings. The third-order valence-electron chi connectivity index (χ3n) is 2.36. The van der Waals surface area contributed by atoms with Crippen molar-refractivity contribution in [1.29, 1.82) is 0 Å². The zero-order valence-corrected chi connectivity index (χ0v) is 15.4. The van der Waals surface area contributed by atoms with Crippen molar-refractivity contribution in [2.24, 2.45) is 0 Å². The second-order valence-electron chi connectivity index (χ2n) is 3.51. The third kappa shape index (κ3) is 4.58. The minimum atomic E-state index is 0. The van der Waals surface area contributed by atoms with Gasteiger partial charge in [0.05, 0.1) is 0 Å². The number of hydrogen-bond donors (Lipinski definition) is 2. The quantitative estimate of drug-likeness (QED) is 0.776. The van der Waals surface area contributed by atoms with Gasteiger partial charge in [-0.15, -0.1) is 35.4 Å². The van der Waals surface area contributed by atoms with Gasteiger partial charge in [0.2, 0.25) is 0 Å². The molecule has 0 saturated heterocycles. The van der Waals surface area contributed by atoms with Crippen molar-refractivity contribution < 1.29 is 75.6 Å². The Morgan fingerprint density at radius 1 is 0.667 bits per heavy atom. The van der Waals surface area contributed by atoms with Gasteiger partial charge in [-0.25, -0.2) is 6.58 Å². The molecule has 0 amide bonds. The van der Waals surface area contributed by atoms with Crippen molar-refractivity contribution >= 4 is 5.57 Å². The summed E-state index contributed by atoms with van der Waals surface area (Å²) in [6, 6.07) is 13.3. The van der Waals surface area contributed by atoms with Gasteiger partial charge in [-0.2, -0.15) is 5.57 Å². The predicted molar refractivity (Wildman–Crippen MR) is 63.0 cm³/mol. The molecule has 2 N–H and O–H groups in total. The molecule has 0 aliphatic rings. The maximum atomic E-state index is 9.16. The molecule has 0 spiro atoms. The predicted octanol–water partition coefficient (Wildman–Crippen LogP) is 2.96. The van der Waals surface area contributed by atoms with E-state index < -0.39 is 0 Å². The zero-order valence-electron chi connectivity index (χ0n) is 9.75. The van der Waals surface area contributed by atoms with Crippen LogP contribution in [-0.2, 0) is 65.4 Å². The fourth-order valence-corrected chi connectivity index (χ4v) is 1.45. The van der Waals surface area contributed by atoms with E-state index >= 15 is 0 Å². The first-order valence-electron chi connectivity index (χ1n) is 4.88. The molecule has 0 bridgehead atoms. The number of aromatic hydroxyl groups is 2. The van der Waals surface area contributed by atoms with Crippen LogP contribution in [0.15, 0.2) is 48.5 Å². The molecule has 2 rings (SSSR count). The van der Waals surface area contributed by atoms with Gasteiger partial charge in [0, 0.05) is 65.4 Å². The summed E-state index contributed by atoms with van der Waals surface area (Å²) in [5.41, 5.74) is 2.28. The number of phenolic OH excluding ortho intramolecular Hbond substituents is 2. The first kappa shape index (κ1) is 18.0. The molecule has 2 aromatic rings. The van der Waals surface area contributed by atoms with Gasteiger partial charge in [0.25, 0.3) is 0 Å². The standard InChI is InChI=1S/C14H11O2.2Y/c1-10(11-2-6-13(15)7-3-11)12-4-8-14(16)9-5-12;;/h1-9,15-16H;;/q-1;;. The van der Waals surface area contributed by atoms with Gasteiger partial charge >= 0.3 is 0 Å². The van der Waals surface area contributed by atoms with Crippen LogP contribution in [0.1, 0.15) is 11.1 Å². The van der Waals surface area contributed by atoms with E-state index in [0.717, 1.165) is 11.1 Å². The van der Waals surface area contributed by atoms with Crippen LogP contribution in [0.4, 0.5) is 0 Å². The molecule has 0 heterocycles. The normalized spacial score (nSPS) is 8.89. The molecular weight excluding hydrogens is 378 g/mol. The Morgan fingerprint density at radius 3 is 1.22 bits per heavy atom. The molecule has 0 aromatic heterocycles.